The number of nitrogens with one attached hydrogen (secondary N) is 1. The van der Waals surface area contributed by atoms with Crippen molar-refractivity contribution in [2.75, 3.05) is 0 Å². The highest BCUT2D eigenvalue weighted by atomic mass is 16.4. The molecule has 0 atom stereocenters. The van der Waals surface area contributed by atoms with Crippen molar-refractivity contribution < 1.29 is 9.21 Å². The summed E-state index contributed by atoms with van der Waals surface area (Å²) >= 11 is 0. The number of para-hydroxylation sites is 1. The highest BCUT2D eigenvalue weighted by Gasteiger charge is 2.04. The molecule has 0 bridgehead atoms. The van der Waals surface area contributed by atoms with Gasteiger partial charge in [0.25, 0.3) is 0 Å². The first kappa shape index (κ1) is 6.84. The Morgan fingerprint density at radius 1 is 1.42 bits per heavy atom. The van der Waals surface area contributed by atoms with Crippen LogP contribution in [0.3, 0.4) is 0 Å². The molecule has 0 unspecified atom stereocenters. The molecule has 2 rings (SSSR count). The second-order valence-corrected chi connectivity index (χ2v) is 2.36. The second kappa shape index (κ2) is 2.34. The maximum Gasteiger partial charge on any atom is 0.417 e. The largest absolute Gasteiger partial charge is 0.417 e. The Kier molecular flexibility index (Phi) is 1.33. The number of rotatable bonds is 1. The third kappa shape index (κ3) is 0.852. The van der Waals surface area contributed by atoms with Gasteiger partial charge in [-0.1, -0.05) is 6.07 Å². The number of carbonyl (C=O) groups is 1. The predicted octanol–water partition coefficient (Wildman–Crippen LogP) is 0.934. The number of oxazole rings is 1. The SMILES string of the molecule is O=Cc1cccc2[nH]c(=O)oc12. The lowest BCUT2D eigenvalue weighted by Crippen LogP contribution is -1.92. The maximum absolute atomic E-state index is 10.7. The van der Waals surface area contributed by atoms with Gasteiger partial charge in [-0.15, -0.1) is 0 Å². The smallest absolute Gasteiger partial charge is 0.407 e. The van der Waals surface area contributed by atoms with Crippen molar-refractivity contribution in [1.82, 2.24) is 4.98 Å². The van der Waals surface area contributed by atoms with E-state index in [1.54, 1.807) is 18.2 Å². The van der Waals surface area contributed by atoms with Gasteiger partial charge in [0, 0.05) is 0 Å². The summed E-state index contributed by atoms with van der Waals surface area (Å²) in [6, 6.07) is 4.94. The Balaban J connectivity index is 2.96. The molecule has 0 fully saturated rings. The van der Waals surface area contributed by atoms with Crippen LogP contribution >= 0.6 is 0 Å². The normalized spacial score (nSPS) is 10.3. The van der Waals surface area contributed by atoms with Crippen molar-refractivity contribution in [3.63, 3.8) is 0 Å². The van der Waals surface area contributed by atoms with Gasteiger partial charge in [-0.05, 0) is 12.1 Å². The molecule has 2 aromatic rings. The quantitative estimate of drug-likeness (QED) is 0.636. The summed E-state index contributed by atoms with van der Waals surface area (Å²) in [5, 5.41) is 0. The topological polar surface area (TPSA) is 63.1 Å². The molecule has 0 saturated carbocycles. The lowest BCUT2D eigenvalue weighted by Gasteiger charge is -1.88. The summed E-state index contributed by atoms with van der Waals surface area (Å²) in [7, 11) is 0. The summed E-state index contributed by atoms with van der Waals surface area (Å²) in [5.41, 5.74) is 1.24. The highest BCUT2D eigenvalue weighted by Crippen LogP contribution is 2.12. The van der Waals surface area contributed by atoms with E-state index in [2.05, 4.69) is 4.98 Å². The van der Waals surface area contributed by atoms with Crippen LogP contribution in [-0.4, -0.2) is 11.3 Å². The molecule has 0 aliphatic heterocycles. The van der Waals surface area contributed by atoms with Gasteiger partial charge >= 0.3 is 5.76 Å². The minimum absolute atomic E-state index is 0.317. The molecule has 1 N–H and O–H groups in total. The minimum Gasteiger partial charge on any atom is -0.407 e. The van der Waals surface area contributed by atoms with Crippen LogP contribution < -0.4 is 5.76 Å². The van der Waals surface area contributed by atoms with Gasteiger partial charge in [-0.3, -0.25) is 9.78 Å². The fraction of sp³-hybridized carbons (Fsp3) is 0. The average Bonchev–Trinajstić information content (AvgIpc) is 2.44. The summed E-state index contributed by atoms with van der Waals surface area (Å²) in [5.74, 6) is -0.542. The van der Waals surface area contributed by atoms with Crippen molar-refractivity contribution in [3.05, 3.63) is 34.3 Å². The number of carbonyl (C=O) groups excluding carboxylic acids is 1. The fourth-order valence-corrected chi connectivity index (χ4v) is 1.09. The molecule has 0 saturated heterocycles. The van der Waals surface area contributed by atoms with Gasteiger partial charge in [0.1, 0.15) is 0 Å². The van der Waals surface area contributed by atoms with E-state index in [0.29, 0.717) is 22.9 Å². The first-order valence-corrected chi connectivity index (χ1v) is 3.38. The lowest BCUT2D eigenvalue weighted by atomic mass is 10.2. The molecule has 0 amide bonds. The molecule has 12 heavy (non-hydrogen) atoms. The predicted molar refractivity (Wildman–Crippen MR) is 42.2 cm³/mol. The summed E-state index contributed by atoms with van der Waals surface area (Å²) in [6.07, 6.45) is 0.652. The molecule has 1 aromatic carbocycles. The van der Waals surface area contributed by atoms with Crippen LogP contribution in [0, 0.1) is 0 Å². The molecular formula is C8H5NO3. The molecule has 4 nitrogen and oxygen atoms in total. The van der Waals surface area contributed by atoms with Gasteiger partial charge in [0.2, 0.25) is 0 Å². The molecular weight excluding hydrogens is 158 g/mol. The second-order valence-electron chi connectivity index (χ2n) is 2.36. The van der Waals surface area contributed by atoms with Crippen molar-refractivity contribution in [3.8, 4) is 0 Å². The number of hydrogen-bond acceptors (Lipinski definition) is 3. The molecule has 0 aliphatic carbocycles. The lowest BCUT2D eigenvalue weighted by molar-refractivity contribution is 0.112. The summed E-state index contributed by atoms with van der Waals surface area (Å²) in [6.45, 7) is 0. The van der Waals surface area contributed by atoms with E-state index in [1.807, 2.05) is 0 Å². The number of hydrogen-bond donors (Lipinski definition) is 1. The van der Waals surface area contributed by atoms with E-state index in [0.717, 1.165) is 0 Å². The van der Waals surface area contributed by atoms with Gasteiger partial charge < -0.3 is 4.42 Å². The van der Waals surface area contributed by atoms with E-state index in [4.69, 9.17) is 4.42 Å². The Morgan fingerprint density at radius 3 is 3.00 bits per heavy atom. The van der Waals surface area contributed by atoms with E-state index in [1.165, 1.54) is 0 Å². The number of benzene rings is 1. The molecule has 1 aromatic heterocycles. The third-order valence-electron chi connectivity index (χ3n) is 1.60. The van der Waals surface area contributed by atoms with Gasteiger partial charge in [0.15, 0.2) is 11.9 Å². The summed E-state index contributed by atoms with van der Waals surface area (Å²) in [4.78, 5) is 23.6. The van der Waals surface area contributed by atoms with Crippen molar-refractivity contribution >= 4 is 17.4 Å². The monoisotopic (exact) mass is 163 g/mol. The van der Waals surface area contributed by atoms with Crippen molar-refractivity contribution in [2.45, 2.75) is 0 Å². The average molecular weight is 163 g/mol. The highest BCUT2D eigenvalue weighted by molar-refractivity contribution is 5.92. The first-order chi connectivity index (χ1) is 5.81. The van der Waals surface area contributed by atoms with Crippen molar-refractivity contribution in [2.24, 2.45) is 0 Å². The Bertz CT molecular complexity index is 480. The van der Waals surface area contributed by atoms with Gasteiger partial charge in [-0.25, -0.2) is 4.79 Å². The summed E-state index contributed by atoms with van der Waals surface area (Å²) < 4.78 is 4.75. The van der Waals surface area contributed by atoms with Crippen LogP contribution in [0.5, 0.6) is 0 Å². The number of H-pyrrole nitrogens is 1. The van der Waals surface area contributed by atoms with Crippen molar-refractivity contribution in [1.29, 1.82) is 0 Å². The van der Waals surface area contributed by atoms with Crippen LogP contribution in [0.4, 0.5) is 0 Å². The van der Waals surface area contributed by atoms with E-state index in [9.17, 15) is 9.59 Å². The van der Waals surface area contributed by atoms with Crippen LogP contribution in [0.25, 0.3) is 11.1 Å². The van der Waals surface area contributed by atoms with Crippen LogP contribution in [0.2, 0.25) is 0 Å². The molecule has 0 spiro atoms. The third-order valence-corrected chi connectivity index (χ3v) is 1.60. The van der Waals surface area contributed by atoms with Crippen LogP contribution in [0.1, 0.15) is 10.4 Å². The van der Waals surface area contributed by atoms with E-state index >= 15 is 0 Å². The molecule has 60 valence electrons. The number of aldehydes is 1. The maximum atomic E-state index is 10.7. The Hall–Kier alpha value is -1.84. The standard InChI is InChI=1S/C8H5NO3/c10-4-5-2-1-3-6-7(5)12-8(11)9-6/h1-4H,(H,9,11). The molecule has 4 heteroatoms. The fourth-order valence-electron chi connectivity index (χ4n) is 1.09. The number of fused-ring (bicyclic) bond motifs is 1. The number of aromatic nitrogens is 1. The molecule has 0 aliphatic rings. The first-order valence-electron chi connectivity index (χ1n) is 3.38. The molecule has 0 radical (unpaired) electrons. The van der Waals surface area contributed by atoms with Gasteiger partial charge in [-0.2, -0.15) is 0 Å². The van der Waals surface area contributed by atoms with E-state index in [-0.39, 0.29) is 0 Å². The van der Waals surface area contributed by atoms with Crippen LogP contribution in [-0.2, 0) is 0 Å². The Labute approximate surface area is 66.8 Å². The molecule has 1 heterocycles. The Morgan fingerprint density at radius 2 is 2.25 bits per heavy atom. The zero-order valence-electron chi connectivity index (χ0n) is 6.03. The van der Waals surface area contributed by atoms with E-state index < -0.39 is 5.76 Å². The number of aromatic amines is 1. The minimum atomic E-state index is -0.542. The zero-order valence-corrected chi connectivity index (χ0v) is 6.03. The zero-order chi connectivity index (χ0) is 8.55. The van der Waals surface area contributed by atoms with Gasteiger partial charge in [0.05, 0.1) is 11.1 Å². The van der Waals surface area contributed by atoms with Crippen LogP contribution in [0.15, 0.2) is 27.4 Å².